The number of nitrogens with zero attached hydrogens (tertiary/aromatic N) is 1. The van der Waals surface area contributed by atoms with Gasteiger partial charge in [0.25, 0.3) is 0 Å². The Bertz CT molecular complexity index is 739. The molecule has 1 aromatic carbocycles. The van der Waals surface area contributed by atoms with Crippen LogP contribution in [0.4, 0.5) is 5.69 Å². The van der Waals surface area contributed by atoms with Crippen molar-refractivity contribution in [1.29, 1.82) is 0 Å². The first-order valence-corrected chi connectivity index (χ1v) is 8.93. The molecule has 0 aromatic heterocycles. The van der Waals surface area contributed by atoms with Crippen LogP contribution in [0, 0.1) is 11.8 Å². The van der Waals surface area contributed by atoms with E-state index in [0.717, 1.165) is 12.1 Å². The molecule has 0 saturated carbocycles. The Morgan fingerprint density at radius 1 is 1.36 bits per heavy atom. The van der Waals surface area contributed by atoms with Crippen LogP contribution in [0.25, 0.3) is 0 Å². The van der Waals surface area contributed by atoms with Gasteiger partial charge in [0, 0.05) is 5.69 Å². The highest BCUT2D eigenvalue weighted by molar-refractivity contribution is 6.02. The van der Waals surface area contributed by atoms with Crippen molar-refractivity contribution in [3.05, 3.63) is 42.0 Å². The summed E-state index contributed by atoms with van der Waals surface area (Å²) in [6.45, 7) is 6.17. The average Bonchev–Trinajstić information content (AvgIpc) is 3.22. The van der Waals surface area contributed by atoms with Crippen LogP contribution in [0.1, 0.15) is 26.3 Å². The number of amides is 1. The van der Waals surface area contributed by atoms with Crippen LogP contribution in [0.15, 0.2) is 36.4 Å². The molecule has 0 N–H and O–H groups in total. The maximum atomic E-state index is 13.1. The fraction of sp³-hybridized carbons (Fsp3) is 0.500. The lowest BCUT2D eigenvalue weighted by atomic mass is 9.77. The predicted octanol–water partition coefficient (Wildman–Crippen LogP) is 2.49. The van der Waals surface area contributed by atoms with E-state index in [1.807, 2.05) is 50.3 Å². The molecule has 5 heteroatoms. The third-order valence-corrected chi connectivity index (χ3v) is 5.38. The van der Waals surface area contributed by atoms with E-state index in [1.165, 1.54) is 5.56 Å². The summed E-state index contributed by atoms with van der Waals surface area (Å²) in [5.41, 5.74) is 1.37. The normalized spacial score (nSPS) is 32.6. The van der Waals surface area contributed by atoms with E-state index in [-0.39, 0.29) is 24.1 Å². The number of fused-ring (bicyclic) bond motifs is 1. The summed E-state index contributed by atoms with van der Waals surface area (Å²) >= 11 is 0. The first kappa shape index (κ1) is 16.3. The van der Waals surface area contributed by atoms with Crippen LogP contribution in [0.2, 0.25) is 0 Å². The van der Waals surface area contributed by atoms with Crippen LogP contribution >= 0.6 is 0 Å². The standard InChI is InChI=1S/C20H23NO4/c1-4-13-5-7-14(8-6-13)21-11-20-10-9-15(25-20)16(17(20)18(21)22)19(23)24-12(2)3/h5-10,12,15-17H,4,11H2,1-3H3/t15-,16-,17+,20-/m0/s1. The molecule has 5 nitrogen and oxygen atoms in total. The van der Waals surface area contributed by atoms with Gasteiger partial charge in [-0.25, -0.2) is 0 Å². The van der Waals surface area contributed by atoms with Crippen LogP contribution in [0.5, 0.6) is 0 Å². The summed E-state index contributed by atoms with van der Waals surface area (Å²) in [5, 5.41) is 0. The first-order chi connectivity index (χ1) is 11.9. The Morgan fingerprint density at radius 2 is 2.08 bits per heavy atom. The molecule has 1 spiro atoms. The molecule has 4 atom stereocenters. The quantitative estimate of drug-likeness (QED) is 0.624. The van der Waals surface area contributed by atoms with E-state index in [9.17, 15) is 9.59 Å². The zero-order chi connectivity index (χ0) is 17.8. The van der Waals surface area contributed by atoms with Crippen molar-refractivity contribution in [3.63, 3.8) is 0 Å². The number of esters is 1. The molecule has 4 rings (SSSR count). The van der Waals surface area contributed by atoms with E-state index < -0.39 is 17.4 Å². The number of carbonyl (C=O) groups excluding carboxylic acids is 2. The number of aryl methyl sites for hydroxylation is 1. The van der Waals surface area contributed by atoms with E-state index in [1.54, 1.807) is 4.90 Å². The van der Waals surface area contributed by atoms with Gasteiger partial charge in [-0.2, -0.15) is 0 Å². The maximum Gasteiger partial charge on any atom is 0.313 e. The van der Waals surface area contributed by atoms with Gasteiger partial charge in [-0.1, -0.05) is 31.2 Å². The average molecular weight is 341 g/mol. The largest absolute Gasteiger partial charge is 0.463 e. The molecule has 0 aliphatic carbocycles. The fourth-order valence-electron chi connectivity index (χ4n) is 4.21. The van der Waals surface area contributed by atoms with Crippen molar-refractivity contribution in [2.24, 2.45) is 11.8 Å². The minimum atomic E-state index is -0.703. The molecule has 1 amide bonds. The molecular weight excluding hydrogens is 318 g/mol. The van der Waals surface area contributed by atoms with E-state index in [2.05, 4.69) is 6.92 Å². The van der Waals surface area contributed by atoms with Gasteiger partial charge in [0.1, 0.15) is 11.5 Å². The topological polar surface area (TPSA) is 55.8 Å². The summed E-state index contributed by atoms with van der Waals surface area (Å²) in [5.74, 6) is -1.45. The number of hydrogen-bond acceptors (Lipinski definition) is 4. The molecular formula is C20H23NO4. The monoisotopic (exact) mass is 341 g/mol. The number of carbonyl (C=O) groups is 2. The van der Waals surface area contributed by atoms with Gasteiger partial charge in [0.2, 0.25) is 5.91 Å². The van der Waals surface area contributed by atoms with E-state index in [4.69, 9.17) is 9.47 Å². The molecule has 132 valence electrons. The predicted molar refractivity (Wildman–Crippen MR) is 93.1 cm³/mol. The van der Waals surface area contributed by atoms with Gasteiger partial charge in [0.05, 0.1) is 24.7 Å². The Kier molecular flexibility index (Phi) is 3.72. The molecule has 2 bridgehead atoms. The van der Waals surface area contributed by atoms with Gasteiger partial charge >= 0.3 is 5.97 Å². The summed E-state index contributed by atoms with van der Waals surface area (Å²) in [7, 11) is 0. The fourth-order valence-corrected chi connectivity index (χ4v) is 4.21. The second-order valence-electron chi connectivity index (χ2n) is 7.33. The number of benzene rings is 1. The molecule has 3 aliphatic heterocycles. The highest BCUT2D eigenvalue weighted by Crippen LogP contribution is 2.52. The second kappa shape index (κ2) is 5.70. The van der Waals surface area contributed by atoms with Gasteiger partial charge in [-0.3, -0.25) is 9.59 Å². The number of ether oxygens (including phenoxy) is 2. The Morgan fingerprint density at radius 3 is 2.72 bits per heavy atom. The molecule has 3 heterocycles. The first-order valence-electron chi connectivity index (χ1n) is 8.93. The zero-order valence-corrected chi connectivity index (χ0v) is 14.8. The molecule has 0 radical (unpaired) electrons. The number of rotatable bonds is 4. The van der Waals surface area contributed by atoms with Crippen molar-refractivity contribution in [1.82, 2.24) is 0 Å². The lowest BCUT2D eigenvalue weighted by molar-refractivity contribution is -0.156. The summed E-state index contributed by atoms with van der Waals surface area (Å²) < 4.78 is 11.5. The van der Waals surface area contributed by atoms with Crippen molar-refractivity contribution >= 4 is 17.6 Å². The molecule has 3 aliphatic rings. The SMILES string of the molecule is CCc1ccc(N2C[C@]34C=C[C@H](O3)[C@H](C(=O)OC(C)C)[C@@H]4C2=O)cc1. The Hall–Kier alpha value is -2.14. The van der Waals surface area contributed by atoms with Crippen LogP contribution in [-0.2, 0) is 25.5 Å². The van der Waals surface area contributed by atoms with Gasteiger partial charge in [-0.05, 0) is 38.0 Å². The number of anilines is 1. The van der Waals surface area contributed by atoms with Crippen molar-refractivity contribution in [2.75, 3.05) is 11.4 Å². The molecule has 2 saturated heterocycles. The van der Waals surface area contributed by atoms with E-state index >= 15 is 0 Å². The summed E-state index contributed by atoms with van der Waals surface area (Å²) in [6.07, 6.45) is 4.25. The third-order valence-electron chi connectivity index (χ3n) is 5.38. The maximum absolute atomic E-state index is 13.1. The third kappa shape index (κ3) is 2.41. The van der Waals surface area contributed by atoms with Crippen molar-refractivity contribution in [3.8, 4) is 0 Å². The summed E-state index contributed by atoms with van der Waals surface area (Å²) in [4.78, 5) is 27.4. The van der Waals surface area contributed by atoms with E-state index in [0.29, 0.717) is 6.54 Å². The van der Waals surface area contributed by atoms with Crippen LogP contribution in [-0.4, -0.2) is 36.2 Å². The minimum absolute atomic E-state index is 0.0539. The Balaban J connectivity index is 1.64. The smallest absolute Gasteiger partial charge is 0.313 e. The minimum Gasteiger partial charge on any atom is -0.463 e. The molecule has 25 heavy (non-hydrogen) atoms. The second-order valence-corrected chi connectivity index (χ2v) is 7.33. The lowest BCUT2D eigenvalue weighted by Crippen LogP contribution is -2.40. The van der Waals surface area contributed by atoms with Gasteiger partial charge in [-0.15, -0.1) is 0 Å². The Labute approximate surface area is 147 Å². The highest BCUT2D eigenvalue weighted by atomic mass is 16.6. The number of hydrogen-bond donors (Lipinski definition) is 0. The molecule has 0 unspecified atom stereocenters. The van der Waals surface area contributed by atoms with Crippen LogP contribution in [0.3, 0.4) is 0 Å². The molecule has 2 fully saturated rings. The zero-order valence-electron chi connectivity index (χ0n) is 14.8. The van der Waals surface area contributed by atoms with Crippen LogP contribution < -0.4 is 4.90 Å². The van der Waals surface area contributed by atoms with Gasteiger partial charge in [0.15, 0.2) is 0 Å². The molecule has 1 aromatic rings. The van der Waals surface area contributed by atoms with Crippen molar-refractivity contribution in [2.45, 2.75) is 45.0 Å². The van der Waals surface area contributed by atoms with Crippen molar-refractivity contribution < 1.29 is 19.1 Å². The van der Waals surface area contributed by atoms with Gasteiger partial charge < -0.3 is 14.4 Å². The highest BCUT2D eigenvalue weighted by Gasteiger charge is 2.67. The lowest BCUT2D eigenvalue weighted by Gasteiger charge is -2.23. The summed E-state index contributed by atoms with van der Waals surface area (Å²) in [6, 6.07) is 8.00.